The number of rotatable bonds is 8. The maximum Gasteiger partial charge on any atom is 0.238 e. The largest absolute Gasteiger partial charge is 0.492 e. The molecule has 0 fully saturated rings. The number of anilines is 1. The molecule has 1 aromatic carbocycles. The summed E-state index contributed by atoms with van der Waals surface area (Å²) in [6.45, 7) is 3.91. The van der Waals surface area contributed by atoms with E-state index in [0.717, 1.165) is 4.47 Å². The lowest BCUT2D eigenvalue weighted by atomic mass is 10.3. The molecule has 0 aliphatic heterocycles. The molecule has 0 radical (unpaired) electrons. The van der Waals surface area contributed by atoms with Crippen molar-refractivity contribution < 1.29 is 14.3 Å². The number of hydrogen-bond acceptors (Lipinski definition) is 4. The van der Waals surface area contributed by atoms with E-state index in [1.165, 1.54) is 0 Å². The second-order valence-corrected chi connectivity index (χ2v) is 4.71. The molecule has 0 saturated heterocycles. The topological polar surface area (TPSA) is 59.6 Å². The fraction of sp³-hybridized carbons (Fsp3) is 0.462. The first-order chi connectivity index (χ1) is 9.17. The fourth-order valence-electron chi connectivity index (χ4n) is 1.44. The molecule has 0 saturated carbocycles. The standard InChI is InChI=1S/C13H19BrN2O3.ClH/c1-3-19-12-8-10(14)4-5-11(12)16-13(17)9-15-6-7-18-2;/h4-5,8,15H,3,6-7,9H2,1-2H3,(H,16,17);1H. The van der Waals surface area contributed by atoms with E-state index in [9.17, 15) is 4.79 Å². The van der Waals surface area contributed by atoms with Crippen LogP contribution in [0, 0.1) is 0 Å². The summed E-state index contributed by atoms with van der Waals surface area (Å²) < 4.78 is 11.3. The van der Waals surface area contributed by atoms with Crippen molar-refractivity contribution in [3.8, 4) is 5.75 Å². The van der Waals surface area contributed by atoms with Crippen LogP contribution in [-0.2, 0) is 9.53 Å². The minimum absolute atomic E-state index is 0. The molecular weight excluding hydrogens is 348 g/mol. The van der Waals surface area contributed by atoms with E-state index in [-0.39, 0.29) is 24.9 Å². The summed E-state index contributed by atoms with van der Waals surface area (Å²) in [6.07, 6.45) is 0. The van der Waals surface area contributed by atoms with E-state index in [1.54, 1.807) is 7.11 Å². The van der Waals surface area contributed by atoms with Gasteiger partial charge in [-0.1, -0.05) is 15.9 Å². The molecular formula is C13H20BrClN2O3. The van der Waals surface area contributed by atoms with Crippen LogP contribution in [0.1, 0.15) is 6.92 Å². The van der Waals surface area contributed by atoms with Gasteiger partial charge in [0.05, 0.1) is 25.4 Å². The Balaban J connectivity index is 0.00000361. The number of methoxy groups -OCH3 is 1. The molecule has 0 atom stereocenters. The van der Waals surface area contributed by atoms with Gasteiger partial charge in [-0.25, -0.2) is 0 Å². The van der Waals surface area contributed by atoms with Crippen LogP contribution in [0.15, 0.2) is 22.7 Å². The van der Waals surface area contributed by atoms with Crippen LogP contribution in [0.3, 0.4) is 0 Å². The zero-order chi connectivity index (χ0) is 14.1. The molecule has 0 spiro atoms. The molecule has 1 rings (SSSR count). The number of carbonyl (C=O) groups excluding carboxylic acids is 1. The van der Waals surface area contributed by atoms with Crippen LogP contribution in [0.5, 0.6) is 5.75 Å². The molecule has 0 bridgehead atoms. The van der Waals surface area contributed by atoms with Gasteiger partial charge >= 0.3 is 0 Å². The molecule has 0 aliphatic rings. The number of hydrogen-bond donors (Lipinski definition) is 2. The molecule has 0 unspecified atom stereocenters. The van der Waals surface area contributed by atoms with Gasteiger partial charge in [-0.3, -0.25) is 4.79 Å². The molecule has 0 aromatic heterocycles. The molecule has 7 heteroatoms. The summed E-state index contributed by atoms with van der Waals surface area (Å²) in [5, 5.41) is 5.79. The summed E-state index contributed by atoms with van der Waals surface area (Å²) in [7, 11) is 1.62. The van der Waals surface area contributed by atoms with E-state index in [0.29, 0.717) is 31.2 Å². The predicted molar refractivity (Wildman–Crippen MR) is 85.9 cm³/mol. The lowest BCUT2D eigenvalue weighted by molar-refractivity contribution is -0.115. The number of amides is 1. The van der Waals surface area contributed by atoms with E-state index in [1.807, 2.05) is 25.1 Å². The third-order valence-electron chi connectivity index (χ3n) is 2.29. The van der Waals surface area contributed by atoms with Gasteiger partial charge in [0.15, 0.2) is 0 Å². The van der Waals surface area contributed by atoms with Gasteiger partial charge in [-0.15, -0.1) is 12.4 Å². The molecule has 114 valence electrons. The zero-order valence-electron chi connectivity index (χ0n) is 11.6. The van der Waals surface area contributed by atoms with Crippen molar-refractivity contribution in [3.63, 3.8) is 0 Å². The molecule has 0 heterocycles. The lowest BCUT2D eigenvalue weighted by Gasteiger charge is -2.12. The van der Waals surface area contributed by atoms with Gasteiger partial charge in [0.2, 0.25) is 5.91 Å². The SMILES string of the molecule is CCOc1cc(Br)ccc1NC(=O)CNCCOC.Cl. The number of halogens is 2. The first-order valence-corrected chi connectivity index (χ1v) is 6.88. The Morgan fingerprint density at radius 1 is 1.40 bits per heavy atom. The van der Waals surface area contributed by atoms with Crippen LogP contribution in [-0.4, -0.2) is 39.3 Å². The number of carbonyl (C=O) groups is 1. The quantitative estimate of drug-likeness (QED) is 0.693. The normalized spacial score (nSPS) is 9.75. The van der Waals surface area contributed by atoms with Crippen molar-refractivity contribution in [1.29, 1.82) is 0 Å². The second-order valence-electron chi connectivity index (χ2n) is 3.79. The molecule has 1 amide bonds. The Labute approximate surface area is 133 Å². The summed E-state index contributed by atoms with van der Waals surface area (Å²) in [4.78, 5) is 11.7. The highest BCUT2D eigenvalue weighted by atomic mass is 79.9. The molecule has 2 N–H and O–H groups in total. The van der Waals surface area contributed by atoms with Crippen LogP contribution < -0.4 is 15.4 Å². The van der Waals surface area contributed by atoms with Gasteiger partial charge in [-0.2, -0.15) is 0 Å². The maximum absolute atomic E-state index is 11.7. The van der Waals surface area contributed by atoms with Crippen LogP contribution in [0.4, 0.5) is 5.69 Å². The van der Waals surface area contributed by atoms with Crippen LogP contribution in [0.25, 0.3) is 0 Å². The zero-order valence-corrected chi connectivity index (χ0v) is 14.0. The minimum atomic E-state index is -0.112. The minimum Gasteiger partial charge on any atom is -0.492 e. The predicted octanol–water partition coefficient (Wildman–Crippen LogP) is 2.44. The number of nitrogens with one attached hydrogen (secondary N) is 2. The van der Waals surface area contributed by atoms with E-state index in [4.69, 9.17) is 9.47 Å². The highest BCUT2D eigenvalue weighted by Gasteiger charge is 2.08. The Kier molecular flexibility index (Phi) is 10.5. The van der Waals surface area contributed by atoms with Gasteiger partial charge in [0.1, 0.15) is 5.75 Å². The fourth-order valence-corrected chi connectivity index (χ4v) is 1.78. The summed E-state index contributed by atoms with van der Waals surface area (Å²) in [5.41, 5.74) is 0.670. The van der Waals surface area contributed by atoms with Gasteiger partial charge in [0, 0.05) is 18.1 Å². The Morgan fingerprint density at radius 2 is 2.15 bits per heavy atom. The van der Waals surface area contributed by atoms with Crippen molar-refractivity contribution in [2.24, 2.45) is 0 Å². The lowest BCUT2D eigenvalue weighted by Crippen LogP contribution is -2.30. The monoisotopic (exact) mass is 366 g/mol. The van der Waals surface area contributed by atoms with Gasteiger partial charge < -0.3 is 20.1 Å². The van der Waals surface area contributed by atoms with Gasteiger partial charge in [0.25, 0.3) is 0 Å². The number of benzene rings is 1. The van der Waals surface area contributed by atoms with Crippen molar-refractivity contribution >= 4 is 39.9 Å². The molecule has 5 nitrogen and oxygen atoms in total. The average Bonchev–Trinajstić information content (AvgIpc) is 2.38. The highest BCUT2D eigenvalue weighted by molar-refractivity contribution is 9.10. The maximum atomic E-state index is 11.7. The first-order valence-electron chi connectivity index (χ1n) is 6.09. The van der Waals surface area contributed by atoms with Crippen LogP contribution >= 0.6 is 28.3 Å². The third-order valence-corrected chi connectivity index (χ3v) is 2.78. The second kappa shape index (κ2) is 10.9. The molecule has 1 aromatic rings. The van der Waals surface area contributed by atoms with E-state index in [2.05, 4.69) is 26.6 Å². The van der Waals surface area contributed by atoms with Crippen molar-refractivity contribution in [1.82, 2.24) is 5.32 Å². The van der Waals surface area contributed by atoms with Crippen molar-refractivity contribution in [2.45, 2.75) is 6.92 Å². The Morgan fingerprint density at radius 3 is 2.80 bits per heavy atom. The Bertz CT molecular complexity index is 419. The smallest absolute Gasteiger partial charge is 0.238 e. The highest BCUT2D eigenvalue weighted by Crippen LogP contribution is 2.28. The third kappa shape index (κ3) is 7.09. The van der Waals surface area contributed by atoms with Crippen molar-refractivity contribution in [3.05, 3.63) is 22.7 Å². The van der Waals surface area contributed by atoms with E-state index < -0.39 is 0 Å². The first kappa shape index (κ1) is 19.2. The van der Waals surface area contributed by atoms with Crippen molar-refractivity contribution in [2.75, 3.05) is 38.7 Å². The summed E-state index contributed by atoms with van der Waals surface area (Å²) >= 11 is 3.37. The molecule has 0 aliphatic carbocycles. The molecule has 20 heavy (non-hydrogen) atoms. The Hall–Kier alpha value is -0.820. The van der Waals surface area contributed by atoms with Crippen LogP contribution in [0.2, 0.25) is 0 Å². The van der Waals surface area contributed by atoms with E-state index >= 15 is 0 Å². The van der Waals surface area contributed by atoms with Gasteiger partial charge in [-0.05, 0) is 25.1 Å². The summed E-state index contributed by atoms with van der Waals surface area (Å²) in [6, 6.07) is 5.50. The average molecular weight is 368 g/mol. The summed E-state index contributed by atoms with van der Waals surface area (Å²) in [5.74, 6) is 0.543. The number of ether oxygens (including phenoxy) is 2.